The summed E-state index contributed by atoms with van der Waals surface area (Å²) in [6.45, 7) is 0.128. The summed E-state index contributed by atoms with van der Waals surface area (Å²) >= 11 is 0. The number of nitrogens with zero attached hydrogens (tertiary/aromatic N) is 1. The summed E-state index contributed by atoms with van der Waals surface area (Å²) in [7, 11) is 0. The fraction of sp³-hybridized carbons (Fsp3) is 0.0556. The van der Waals surface area contributed by atoms with Gasteiger partial charge < -0.3 is 4.74 Å². The molecule has 0 fully saturated rings. The van der Waals surface area contributed by atoms with Gasteiger partial charge in [-0.1, -0.05) is 54.6 Å². The van der Waals surface area contributed by atoms with Crippen molar-refractivity contribution in [3.05, 3.63) is 82.3 Å². The van der Waals surface area contributed by atoms with Crippen LogP contribution in [0.1, 0.15) is 16.1 Å². The summed E-state index contributed by atoms with van der Waals surface area (Å²) in [5.74, 6) is -0.574. The highest BCUT2D eigenvalue weighted by molar-refractivity contribution is 6.02. The van der Waals surface area contributed by atoms with E-state index in [1.807, 2.05) is 36.4 Å². The minimum Gasteiger partial charge on any atom is -0.457 e. The molecular formula is C18H14N2O3. The number of ether oxygens (including phenoxy) is 1. The standard InChI is InChI=1S/C18H14N2O3/c21-17-15-11-5-4-10-14(15)16(19-20-17)18(22)23-12-6-9-13-7-2-1-3-8-13/h1-11H,12H2,(H,20,21). The average molecular weight is 306 g/mol. The van der Waals surface area contributed by atoms with E-state index in [2.05, 4.69) is 10.2 Å². The van der Waals surface area contributed by atoms with E-state index in [9.17, 15) is 9.59 Å². The molecular weight excluding hydrogens is 292 g/mol. The number of rotatable bonds is 4. The molecule has 3 rings (SSSR count). The Morgan fingerprint density at radius 2 is 1.74 bits per heavy atom. The van der Waals surface area contributed by atoms with Crippen molar-refractivity contribution in [1.29, 1.82) is 0 Å². The zero-order chi connectivity index (χ0) is 16.1. The van der Waals surface area contributed by atoms with Crippen molar-refractivity contribution in [2.24, 2.45) is 0 Å². The second-order valence-corrected chi connectivity index (χ2v) is 4.86. The highest BCUT2D eigenvalue weighted by Gasteiger charge is 2.14. The lowest BCUT2D eigenvalue weighted by molar-refractivity contribution is 0.0544. The fourth-order valence-electron chi connectivity index (χ4n) is 2.21. The van der Waals surface area contributed by atoms with Gasteiger partial charge in [-0.2, -0.15) is 5.10 Å². The molecule has 5 heteroatoms. The Morgan fingerprint density at radius 3 is 2.52 bits per heavy atom. The van der Waals surface area contributed by atoms with E-state index in [0.29, 0.717) is 10.8 Å². The summed E-state index contributed by atoms with van der Waals surface area (Å²) in [5.41, 5.74) is 0.797. The van der Waals surface area contributed by atoms with Crippen LogP contribution in [0, 0.1) is 0 Å². The Labute approximate surface area is 132 Å². The number of esters is 1. The van der Waals surface area contributed by atoms with Crippen molar-refractivity contribution >= 4 is 22.8 Å². The predicted octanol–water partition coefficient (Wildman–Crippen LogP) is 2.79. The van der Waals surface area contributed by atoms with Crippen LogP contribution >= 0.6 is 0 Å². The quantitative estimate of drug-likeness (QED) is 0.752. The van der Waals surface area contributed by atoms with E-state index in [1.54, 1.807) is 30.3 Å². The smallest absolute Gasteiger partial charge is 0.359 e. The van der Waals surface area contributed by atoms with E-state index in [-0.39, 0.29) is 17.9 Å². The molecule has 5 nitrogen and oxygen atoms in total. The van der Waals surface area contributed by atoms with Crippen LogP contribution in [0.4, 0.5) is 0 Å². The molecule has 0 aliphatic rings. The number of fused-ring (bicyclic) bond motifs is 1. The Hall–Kier alpha value is -3.21. The van der Waals surface area contributed by atoms with Crippen LogP contribution in [0.5, 0.6) is 0 Å². The molecule has 2 aromatic carbocycles. The first-order valence-corrected chi connectivity index (χ1v) is 7.12. The minimum absolute atomic E-state index is 0.105. The highest BCUT2D eigenvalue weighted by atomic mass is 16.5. The second kappa shape index (κ2) is 6.70. The van der Waals surface area contributed by atoms with Crippen molar-refractivity contribution in [2.45, 2.75) is 0 Å². The number of nitrogens with one attached hydrogen (secondary N) is 1. The fourth-order valence-corrected chi connectivity index (χ4v) is 2.21. The van der Waals surface area contributed by atoms with Gasteiger partial charge in [-0.15, -0.1) is 0 Å². The first-order chi connectivity index (χ1) is 11.3. The van der Waals surface area contributed by atoms with E-state index < -0.39 is 5.97 Å². The third kappa shape index (κ3) is 3.35. The van der Waals surface area contributed by atoms with E-state index in [1.165, 1.54) is 0 Å². The van der Waals surface area contributed by atoms with Gasteiger partial charge in [0.2, 0.25) is 0 Å². The number of carbonyl (C=O) groups excluding carboxylic acids is 1. The summed E-state index contributed by atoms with van der Waals surface area (Å²) in [4.78, 5) is 23.8. The lowest BCUT2D eigenvalue weighted by atomic mass is 10.1. The first-order valence-electron chi connectivity index (χ1n) is 7.12. The number of carbonyl (C=O) groups is 1. The monoisotopic (exact) mass is 306 g/mol. The average Bonchev–Trinajstić information content (AvgIpc) is 2.60. The lowest BCUT2D eigenvalue weighted by Gasteiger charge is -2.04. The van der Waals surface area contributed by atoms with Gasteiger partial charge in [0.1, 0.15) is 6.61 Å². The molecule has 0 bridgehead atoms. The molecule has 0 atom stereocenters. The van der Waals surface area contributed by atoms with Crippen molar-refractivity contribution < 1.29 is 9.53 Å². The van der Waals surface area contributed by atoms with Crippen LogP contribution in [0.25, 0.3) is 16.8 Å². The number of hydrogen-bond donors (Lipinski definition) is 1. The van der Waals surface area contributed by atoms with Gasteiger partial charge >= 0.3 is 5.97 Å². The summed E-state index contributed by atoms with van der Waals surface area (Å²) < 4.78 is 5.19. The topological polar surface area (TPSA) is 72.0 Å². The Balaban J connectivity index is 1.73. The van der Waals surface area contributed by atoms with Crippen molar-refractivity contribution in [3.8, 4) is 0 Å². The van der Waals surface area contributed by atoms with Gasteiger partial charge in [0.05, 0.1) is 5.39 Å². The van der Waals surface area contributed by atoms with Gasteiger partial charge in [-0.3, -0.25) is 4.79 Å². The molecule has 0 saturated heterocycles. The lowest BCUT2D eigenvalue weighted by Crippen LogP contribution is -2.16. The van der Waals surface area contributed by atoms with Crippen LogP contribution in [-0.2, 0) is 4.74 Å². The maximum absolute atomic E-state index is 12.1. The van der Waals surface area contributed by atoms with Gasteiger partial charge in [0.15, 0.2) is 5.69 Å². The number of aromatic amines is 1. The Morgan fingerprint density at radius 1 is 1.04 bits per heavy atom. The highest BCUT2D eigenvalue weighted by Crippen LogP contribution is 2.13. The number of hydrogen-bond acceptors (Lipinski definition) is 4. The number of benzene rings is 2. The molecule has 0 amide bonds. The molecule has 0 aliphatic carbocycles. The Bertz CT molecular complexity index is 914. The molecule has 0 radical (unpaired) electrons. The van der Waals surface area contributed by atoms with Crippen LogP contribution in [0.15, 0.2) is 65.5 Å². The van der Waals surface area contributed by atoms with Gasteiger partial charge in [0.25, 0.3) is 5.56 Å². The number of H-pyrrole nitrogens is 1. The van der Waals surface area contributed by atoms with Crippen molar-refractivity contribution in [1.82, 2.24) is 10.2 Å². The molecule has 23 heavy (non-hydrogen) atoms. The summed E-state index contributed by atoms with van der Waals surface area (Å²) in [5, 5.41) is 7.01. The molecule has 0 spiro atoms. The van der Waals surface area contributed by atoms with E-state index in [4.69, 9.17) is 4.74 Å². The Kier molecular flexibility index (Phi) is 4.29. The first kappa shape index (κ1) is 14.7. The zero-order valence-corrected chi connectivity index (χ0v) is 12.2. The molecule has 114 valence electrons. The van der Waals surface area contributed by atoms with E-state index >= 15 is 0 Å². The maximum Gasteiger partial charge on any atom is 0.359 e. The zero-order valence-electron chi connectivity index (χ0n) is 12.2. The summed E-state index contributed by atoms with van der Waals surface area (Å²) in [6, 6.07) is 16.5. The second-order valence-electron chi connectivity index (χ2n) is 4.86. The third-order valence-corrected chi connectivity index (χ3v) is 3.31. The molecule has 3 aromatic rings. The molecule has 0 aliphatic heterocycles. The van der Waals surface area contributed by atoms with Crippen LogP contribution in [0.2, 0.25) is 0 Å². The molecule has 0 saturated carbocycles. The molecule has 1 aromatic heterocycles. The maximum atomic E-state index is 12.1. The summed E-state index contributed by atoms with van der Waals surface area (Å²) in [6.07, 6.45) is 3.62. The van der Waals surface area contributed by atoms with E-state index in [0.717, 1.165) is 5.56 Å². The van der Waals surface area contributed by atoms with Crippen LogP contribution in [0.3, 0.4) is 0 Å². The molecule has 1 N–H and O–H groups in total. The predicted molar refractivity (Wildman–Crippen MR) is 88.1 cm³/mol. The van der Waals surface area contributed by atoms with Gasteiger partial charge in [-0.05, 0) is 17.7 Å². The third-order valence-electron chi connectivity index (χ3n) is 3.31. The minimum atomic E-state index is -0.574. The molecule has 1 heterocycles. The van der Waals surface area contributed by atoms with Crippen molar-refractivity contribution in [3.63, 3.8) is 0 Å². The van der Waals surface area contributed by atoms with Crippen LogP contribution < -0.4 is 5.56 Å². The van der Waals surface area contributed by atoms with Gasteiger partial charge in [0, 0.05) is 5.39 Å². The largest absolute Gasteiger partial charge is 0.457 e. The number of aromatic nitrogens is 2. The van der Waals surface area contributed by atoms with Gasteiger partial charge in [-0.25, -0.2) is 9.89 Å². The van der Waals surface area contributed by atoms with Crippen LogP contribution in [-0.4, -0.2) is 22.8 Å². The van der Waals surface area contributed by atoms with Crippen molar-refractivity contribution in [2.75, 3.05) is 6.61 Å². The normalized spacial score (nSPS) is 11.0. The molecule has 0 unspecified atom stereocenters. The SMILES string of the molecule is O=C(OCC=Cc1ccccc1)c1n[nH]c(=O)c2ccccc12.